The lowest BCUT2D eigenvalue weighted by Crippen LogP contribution is -2.37. The summed E-state index contributed by atoms with van der Waals surface area (Å²) in [6, 6.07) is 0.282. The number of amides is 1. The Balaban J connectivity index is 2.47. The van der Waals surface area contributed by atoms with Crippen LogP contribution in [0.15, 0.2) is 12.2 Å². The van der Waals surface area contributed by atoms with Crippen molar-refractivity contribution in [1.29, 1.82) is 0 Å². The first-order chi connectivity index (χ1) is 7.11. The quantitative estimate of drug-likeness (QED) is 0.718. The van der Waals surface area contributed by atoms with Gasteiger partial charge in [-0.1, -0.05) is 19.3 Å². The van der Waals surface area contributed by atoms with Crippen molar-refractivity contribution in [3.05, 3.63) is 12.2 Å². The third-order valence-corrected chi connectivity index (χ3v) is 2.84. The Morgan fingerprint density at radius 2 is 1.80 bits per heavy atom. The van der Waals surface area contributed by atoms with Crippen molar-refractivity contribution in [1.82, 2.24) is 4.90 Å². The van der Waals surface area contributed by atoms with Crippen LogP contribution in [0.1, 0.15) is 32.1 Å². The summed E-state index contributed by atoms with van der Waals surface area (Å²) in [5.74, 6) is -1.30. The minimum Gasteiger partial charge on any atom is -0.478 e. The second-order valence-corrected chi connectivity index (χ2v) is 3.91. The fourth-order valence-corrected chi connectivity index (χ4v) is 1.91. The van der Waals surface area contributed by atoms with Gasteiger partial charge in [-0.15, -0.1) is 0 Å². The van der Waals surface area contributed by atoms with Gasteiger partial charge in [0, 0.05) is 25.2 Å². The van der Waals surface area contributed by atoms with Crippen LogP contribution in [0, 0.1) is 0 Å². The normalized spacial score (nSPS) is 17.9. The number of nitrogens with zero attached hydrogens (tertiary/aromatic N) is 1. The number of aliphatic carboxylic acids is 1. The van der Waals surface area contributed by atoms with E-state index in [0.29, 0.717) is 0 Å². The smallest absolute Gasteiger partial charge is 0.328 e. The van der Waals surface area contributed by atoms with Crippen molar-refractivity contribution >= 4 is 11.9 Å². The molecule has 4 heteroatoms. The van der Waals surface area contributed by atoms with Gasteiger partial charge in [0.05, 0.1) is 0 Å². The molecular weight excluding hydrogens is 194 g/mol. The molecule has 0 aromatic carbocycles. The Kier molecular flexibility index (Phi) is 4.34. The highest BCUT2D eigenvalue weighted by atomic mass is 16.4. The predicted molar refractivity (Wildman–Crippen MR) is 56.4 cm³/mol. The van der Waals surface area contributed by atoms with E-state index in [9.17, 15) is 9.59 Å². The molecule has 0 bridgehead atoms. The Morgan fingerprint density at radius 1 is 1.20 bits per heavy atom. The summed E-state index contributed by atoms with van der Waals surface area (Å²) in [5, 5.41) is 8.40. The number of rotatable bonds is 3. The highest BCUT2D eigenvalue weighted by molar-refractivity contribution is 5.93. The molecule has 0 atom stereocenters. The van der Waals surface area contributed by atoms with Crippen LogP contribution >= 0.6 is 0 Å². The van der Waals surface area contributed by atoms with Crippen LogP contribution in [0.2, 0.25) is 0 Å². The minimum atomic E-state index is -1.08. The van der Waals surface area contributed by atoms with Gasteiger partial charge >= 0.3 is 5.97 Å². The molecule has 0 aromatic heterocycles. The summed E-state index contributed by atoms with van der Waals surface area (Å²) in [6.45, 7) is 0. The van der Waals surface area contributed by atoms with Crippen molar-refractivity contribution in [3.8, 4) is 0 Å². The topological polar surface area (TPSA) is 57.6 Å². The lowest BCUT2D eigenvalue weighted by Gasteiger charge is -2.30. The van der Waals surface area contributed by atoms with E-state index in [4.69, 9.17) is 5.11 Å². The summed E-state index contributed by atoms with van der Waals surface area (Å²) in [4.78, 5) is 23.4. The first-order valence-corrected chi connectivity index (χ1v) is 5.29. The molecule has 1 saturated carbocycles. The van der Waals surface area contributed by atoms with Crippen molar-refractivity contribution in [2.24, 2.45) is 0 Å². The van der Waals surface area contributed by atoms with Gasteiger partial charge in [-0.3, -0.25) is 4.79 Å². The summed E-state index contributed by atoms with van der Waals surface area (Å²) >= 11 is 0. The molecule has 4 nitrogen and oxygen atoms in total. The SMILES string of the molecule is CN(C(=O)C=CC(=O)O)C1CCCCC1. The van der Waals surface area contributed by atoms with E-state index in [1.54, 1.807) is 11.9 Å². The van der Waals surface area contributed by atoms with E-state index in [-0.39, 0.29) is 11.9 Å². The van der Waals surface area contributed by atoms with E-state index < -0.39 is 5.97 Å². The lowest BCUT2D eigenvalue weighted by atomic mass is 9.94. The predicted octanol–water partition coefficient (Wildman–Crippen LogP) is 1.42. The van der Waals surface area contributed by atoms with Gasteiger partial charge in [0.15, 0.2) is 0 Å². The van der Waals surface area contributed by atoms with Crippen LogP contribution in [-0.2, 0) is 9.59 Å². The van der Waals surface area contributed by atoms with Gasteiger partial charge in [0.1, 0.15) is 0 Å². The highest BCUT2D eigenvalue weighted by Crippen LogP contribution is 2.21. The fraction of sp³-hybridized carbons (Fsp3) is 0.636. The third kappa shape index (κ3) is 3.73. The minimum absolute atomic E-state index is 0.218. The van der Waals surface area contributed by atoms with Crippen LogP contribution in [0.5, 0.6) is 0 Å². The fourth-order valence-electron chi connectivity index (χ4n) is 1.91. The van der Waals surface area contributed by atoms with Gasteiger partial charge in [-0.25, -0.2) is 4.79 Å². The van der Waals surface area contributed by atoms with Crippen molar-refractivity contribution in [2.75, 3.05) is 7.05 Å². The van der Waals surface area contributed by atoms with Gasteiger partial charge in [0.2, 0.25) is 5.91 Å². The molecule has 1 aliphatic rings. The van der Waals surface area contributed by atoms with E-state index in [1.165, 1.54) is 6.42 Å². The molecule has 1 aliphatic carbocycles. The number of carboxylic acids is 1. The number of carbonyl (C=O) groups excluding carboxylic acids is 1. The molecule has 1 rings (SSSR count). The van der Waals surface area contributed by atoms with Gasteiger partial charge < -0.3 is 10.0 Å². The van der Waals surface area contributed by atoms with E-state index in [1.807, 2.05) is 0 Å². The zero-order valence-corrected chi connectivity index (χ0v) is 8.98. The number of hydrogen-bond acceptors (Lipinski definition) is 2. The Hall–Kier alpha value is -1.32. The largest absolute Gasteiger partial charge is 0.478 e. The molecule has 0 aromatic rings. The summed E-state index contributed by atoms with van der Waals surface area (Å²) in [6.07, 6.45) is 7.63. The second-order valence-electron chi connectivity index (χ2n) is 3.91. The van der Waals surface area contributed by atoms with Gasteiger partial charge in [0.25, 0.3) is 0 Å². The molecule has 1 amide bonds. The Labute approximate surface area is 89.6 Å². The lowest BCUT2D eigenvalue weighted by molar-refractivity contribution is -0.132. The molecule has 1 N–H and O–H groups in total. The van der Waals surface area contributed by atoms with Crippen LogP contribution < -0.4 is 0 Å². The van der Waals surface area contributed by atoms with E-state index >= 15 is 0 Å². The Morgan fingerprint density at radius 3 is 2.33 bits per heavy atom. The van der Waals surface area contributed by atoms with Crippen LogP contribution in [0.3, 0.4) is 0 Å². The maximum absolute atomic E-state index is 11.5. The number of hydrogen-bond donors (Lipinski definition) is 1. The summed E-state index contributed by atoms with van der Waals surface area (Å²) < 4.78 is 0. The maximum Gasteiger partial charge on any atom is 0.328 e. The maximum atomic E-state index is 11.5. The van der Waals surface area contributed by atoms with E-state index in [0.717, 1.165) is 37.8 Å². The first-order valence-electron chi connectivity index (χ1n) is 5.29. The van der Waals surface area contributed by atoms with Crippen molar-refractivity contribution in [2.45, 2.75) is 38.1 Å². The molecule has 1 fully saturated rings. The zero-order valence-electron chi connectivity index (χ0n) is 8.98. The monoisotopic (exact) mass is 211 g/mol. The molecule has 0 radical (unpaired) electrons. The molecule has 0 unspecified atom stereocenters. The van der Waals surface area contributed by atoms with Crippen molar-refractivity contribution < 1.29 is 14.7 Å². The van der Waals surface area contributed by atoms with Crippen LogP contribution in [-0.4, -0.2) is 35.0 Å². The highest BCUT2D eigenvalue weighted by Gasteiger charge is 2.20. The van der Waals surface area contributed by atoms with E-state index in [2.05, 4.69) is 0 Å². The first kappa shape index (κ1) is 11.8. The molecule has 15 heavy (non-hydrogen) atoms. The third-order valence-electron chi connectivity index (χ3n) is 2.84. The average Bonchev–Trinajstić information content (AvgIpc) is 2.26. The van der Waals surface area contributed by atoms with Gasteiger partial charge in [-0.05, 0) is 12.8 Å². The van der Waals surface area contributed by atoms with Crippen LogP contribution in [0.4, 0.5) is 0 Å². The Bertz CT molecular complexity index is 267. The van der Waals surface area contributed by atoms with Gasteiger partial charge in [-0.2, -0.15) is 0 Å². The number of carbonyl (C=O) groups is 2. The standard InChI is InChI=1S/C11H17NO3/c1-12(9-5-3-2-4-6-9)10(13)7-8-11(14)15/h7-9H,2-6H2,1H3,(H,14,15). The molecule has 84 valence electrons. The molecule has 0 heterocycles. The van der Waals surface area contributed by atoms with Crippen LogP contribution in [0.25, 0.3) is 0 Å². The summed E-state index contributed by atoms with van der Waals surface area (Å²) in [5.41, 5.74) is 0. The molecule has 0 aliphatic heterocycles. The molecule has 0 spiro atoms. The summed E-state index contributed by atoms with van der Waals surface area (Å²) in [7, 11) is 1.74. The zero-order chi connectivity index (χ0) is 11.3. The average molecular weight is 211 g/mol. The molecule has 0 saturated heterocycles. The molecular formula is C11H17NO3. The number of likely N-dealkylation sites (N-methyl/N-ethyl adjacent to an activating group) is 1. The second kappa shape index (κ2) is 5.53. The van der Waals surface area contributed by atoms with Crippen molar-refractivity contribution in [3.63, 3.8) is 0 Å². The number of carboxylic acid groups (broad SMARTS) is 1.